The van der Waals surface area contributed by atoms with Crippen molar-refractivity contribution in [1.82, 2.24) is 14.8 Å². The van der Waals surface area contributed by atoms with Gasteiger partial charge in [0.05, 0.1) is 12.2 Å². The summed E-state index contributed by atoms with van der Waals surface area (Å²) in [6.07, 6.45) is 2.52. The van der Waals surface area contributed by atoms with Crippen molar-refractivity contribution < 1.29 is 14.3 Å². The van der Waals surface area contributed by atoms with Gasteiger partial charge in [-0.25, -0.2) is 4.98 Å². The maximum absolute atomic E-state index is 13.3. The molecule has 0 saturated carbocycles. The van der Waals surface area contributed by atoms with Crippen LogP contribution in [0.2, 0.25) is 0 Å². The van der Waals surface area contributed by atoms with Gasteiger partial charge in [0.1, 0.15) is 17.3 Å². The minimum atomic E-state index is -0.208. The smallest absolute Gasteiger partial charge is 0.277 e. The number of ether oxygens (including phenoxy) is 1. The van der Waals surface area contributed by atoms with Gasteiger partial charge in [0.2, 0.25) is 0 Å². The Hall–Kier alpha value is -3.35. The minimum Gasteiger partial charge on any atom is -0.493 e. The van der Waals surface area contributed by atoms with Crippen LogP contribution in [0.1, 0.15) is 32.8 Å². The summed E-state index contributed by atoms with van der Waals surface area (Å²) in [5, 5.41) is 0. The summed E-state index contributed by atoms with van der Waals surface area (Å²) in [6.45, 7) is 10.0. The molecule has 2 aliphatic heterocycles. The van der Waals surface area contributed by atoms with Crippen LogP contribution in [0.5, 0.6) is 5.75 Å². The van der Waals surface area contributed by atoms with Crippen molar-refractivity contribution in [2.75, 3.05) is 44.2 Å². The molecule has 2 amide bonds. The molecular weight excluding hydrogens is 416 g/mol. The van der Waals surface area contributed by atoms with Crippen LogP contribution < -0.4 is 9.64 Å². The van der Waals surface area contributed by atoms with Crippen LogP contribution in [0.15, 0.2) is 54.4 Å². The third-order valence-electron chi connectivity index (χ3n) is 5.89. The Morgan fingerprint density at radius 3 is 2.24 bits per heavy atom. The molecule has 174 valence electrons. The van der Waals surface area contributed by atoms with Gasteiger partial charge in [-0.05, 0) is 42.2 Å². The van der Waals surface area contributed by atoms with E-state index in [9.17, 15) is 9.59 Å². The molecule has 1 fully saturated rings. The standard InChI is InChI=1S/C26H32N4O3/c1-4-13-30-25(31)23(20-8-10-21(11-9-20)33-18-19(2)3)24(26(30)32)29-16-14-28(15-17-29)22-7-5-6-12-27-22/h5-12,19H,4,13-18H2,1-3H3. The summed E-state index contributed by atoms with van der Waals surface area (Å²) in [7, 11) is 0. The van der Waals surface area contributed by atoms with E-state index in [2.05, 4.69) is 28.6 Å². The van der Waals surface area contributed by atoms with Crippen LogP contribution >= 0.6 is 0 Å². The third kappa shape index (κ3) is 4.87. The van der Waals surface area contributed by atoms with Crippen LogP contribution in [-0.4, -0.2) is 65.9 Å². The van der Waals surface area contributed by atoms with E-state index in [1.807, 2.05) is 49.4 Å². The molecule has 1 aromatic heterocycles. The summed E-state index contributed by atoms with van der Waals surface area (Å²) in [4.78, 5) is 36.8. The lowest BCUT2D eigenvalue weighted by Crippen LogP contribution is -2.48. The average molecular weight is 449 g/mol. The number of rotatable bonds is 8. The largest absolute Gasteiger partial charge is 0.493 e. The Kier molecular flexibility index (Phi) is 6.96. The highest BCUT2D eigenvalue weighted by Crippen LogP contribution is 2.33. The lowest BCUT2D eigenvalue weighted by molar-refractivity contribution is -0.137. The predicted octanol–water partition coefficient (Wildman–Crippen LogP) is 3.43. The zero-order valence-corrected chi connectivity index (χ0v) is 19.7. The molecule has 2 aliphatic rings. The van der Waals surface area contributed by atoms with Crippen molar-refractivity contribution in [3.05, 3.63) is 59.9 Å². The summed E-state index contributed by atoms with van der Waals surface area (Å²) in [5.74, 6) is 1.73. The zero-order valence-electron chi connectivity index (χ0n) is 19.7. The fraction of sp³-hybridized carbons (Fsp3) is 0.423. The molecule has 0 aliphatic carbocycles. The Labute approximate surface area is 195 Å². The SMILES string of the molecule is CCCN1C(=O)C(c2ccc(OCC(C)C)cc2)=C(N2CCN(c3ccccn3)CC2)C1=O. The van der Waals surface area contributed by atoms with E-state index >= 15 is 0 Å². The fourth-order valence-corrected chi connectivity index (χ4v) is 4.22. The molecule has 0 spiro atoms. The van der Waals surface area contributed by atoms with E-state index in [1.54, 1.807) is 6.20 Å². The predicted molar refractivity (Wildman–Crippen MR) is 129 cm³/mol. The van der Waals surface area contributed by atoms with E-state index in [1.165, 1.54) is 4.90 Å². The molecule has 7 nitrogen and oxygen atoms in total. The first-order valence-corrected chi connectivity index (χ1v) is 11.7. The van der Waals surface area contributed by atoms with Crippen molar-refractivity contribution >= 4 is 23.2 Å². The molecular formula is C26H32N4O3. The molecule has 0 bridgehead atoms. The van der Waals surface area contributed by atoms with Crippen molar-refractivity contribution in [2.45, 2.75) is 27.2 Å². The van der Waals surface area contributed by atoms with Gasteiger partial charge in [-0.2, -0.15) is 0 Å². The highest BCUT2D eigenvalue weighted by atomic mass is 16.5. The molecule has 1 aromatic carbocycles. The molecule has 3 heterocycles. The second-order valence-corrected chi connectivity index (χ2v) is 8.88. The number of carbonyl (C=O) groups is 2. The van der Waals surface area contributed by atoms with Gasteiger partial charge < -0.3 is 14.5 Å². The monoisotopic (exact) mass is 448 g/mol. The fourth-order valence-electron chi connectivity index (χ4n) is 4.22. The summed E-state index contributed by atoms with van der Waals surface area (Å²) in [5.41, 5.74) is 1.77. The van der Waals surface area contributed by atoms with E-state index in [0.717, 1.165) is 36.6 Å². The van der Waals surface area contributed by atoms with Crippen molar-refractivity contribution in [1.29, 1.82) is 0 Å². The highest BCUT2D eigenvalue weighted by Gasteiger charge is 2.41. The number of anilines is 1. The van der Waals surface area contributed by atoms with Crippen molar-refractivity contribution in [3.63, 3.8) is 0 Å². The Morgan fingerprint density at radius 1 is 0.939 bits per heavy atom. The molecule has 7 heteroatoms. The van der Waals surface area contributed by atoms with Gasteiger partial charge in [0, 0.05) is 38.9 Å². The second kappa shape index (κ2) is 10.1. The number of hydrogen-bond acceptors (Lipinski definition) is 6. The number of imide groups is 1. The molecule has 0 N–H and O–H groups in total. The second-order valence-electron chi connectivity index (χ2n) is 8.88. The third-order valence-corrected chi connectivity index (χ3v) is 5.89. The van der Waals surface area contributed by atoms with E-state index < -0.39 is 0 Å². The van der Waals surface area contributed by atoms with Gasteiger partial charge in [-0.1, -0.05) is 39.0 Å². The number of carbonyl (C=O) groups excluding carboxylic acids is 2. The van der Waals surface area contributed by atoms with Crippen molar-refractivity contribution in [3.8, 4) is 5.75 Å². The molecule has 33 heavy (non-hydrogen) atoms. The molecule has 2 aromatic rings. The molecule has 4 rings (SSSR count). The van der Waals surface area contributed by atoms with E-state index in [0.29, 0.717) is 43.4 Å². The quantitative estimate of drug-likeness (QED) is 0.577. The van der Waals surface area contributed by atoms with Crippen LogP contribution in [0.25, 0.3) is 5.57 Å². The number of amides is 2. The normalized spacial score (nSPS) is 16.9. The summed E-state index contributed by atoms with van der Waals surface area (Å²) in [6, 6.07) is 13.4. The van der Waals surface area contributed by atoms with Gasteiger partial charge >= 0.3 is 0 Å². The number of piperazine rings is 1. The van der Waals surface area contributed by atoms with Crippen LogP contribution in [0, 0.1) is 5.92 Å². The van der Waals surface area contributed by atoms with Gasteiger partial charge in [0.15, 0.2) is 0 Å². The van der Waals surface area contributed by atoms with Gasteiger partial charge in [-0.3, -0.25) is 14.5 Å². The molecule has 0 radical (unpaired) electrons. The van der Waals surface area contributed by atoms with Gasteiger partial charge in [0.25, 0.3) is 11.8 Å². The Morgan fingerprint density at radius 2 is 1.64 bits per heavy atom. The minimum absolute atomic E-state index is 0.191. The summed E-state index contributed by atoms with van der Waals surface area (Å²) >= 11 is 0. The molecule has 1 saturated heterocycles. The first-order chi connectivity index (χ1) is 16.0. The van der Waals surface area contributed by atoms with Crippen molar-refractivity contribution in [2.24, 2.45) is 5.92 Å². The van der Waals surface area contributed by atoms with E-state index in [4.69, 9.17) is 4.74 Å². The topological polar surface area (TPSA) is 66.0 Å². The Bertz CT molecular complexity index is 1010. The van der Waals surface area contributed by atoms with Gasteiger partial charge in [-0.15, -0.1) is 0 Å². The highest BCUT2D eigenvalue weighted by molar-refractivity contribution is 6.35. The first-order valence-electron chi connectivity index (χ1n) is 11.7. The maximum atomic E-state index is 13.3. The van der Waals surface area contributed by atoms with Crippen LogP contribution in [0.4, 0.5) is 5.82 Å². The number of nitrogens with zero attached hydrogens (tertiary/aromatic N) is 4. The lowest BCUT2D eigenvalue weighted by Gasteiger charge is -2.37. The zero-order chi connectivity index (χ0) is 23.4. The first kappa shape index (κ1) is 22.8. The maximum Gasteiger partial charge on any atom is 0.277 e. The molecule has 0 atom stereocenters. The number of hydrogen-bond donors (Lipinski definition) is 0. The number of benzene rings is 1. The Balaban J connectivity index is 1.59. The number of pyridine rings is 1. The average Bonchev–Trinajstić information content (AvgIpc) is 3.09. The number of aromatic nitrogens is 1. The van der Waals surface area contributed by atoms with E-state index in [-0.39, 0.29) is 11.8 Å². The summed E-state index contributed by atoms with van der Waals surface area (Å²) < 4.78 is 5.79. The molecule has 0 unspecified atom stereocenters. The lowest BCUT2D eigenvalue weighted by atomic mass is 10.0. The van der Waals surface area contributed by atoms with Crippen LogP contribution in [0.3, 0.4) is 0 Å². The van der Waals surface area contributed by atoms with Crippen LogP contribution in [-0.2, 0) is 9.59 Å².